The van der Waals surface area contributed by atoms with E-state index in [1.807, 2.05) is 20.8 Å². The Bertz CT molecular complexity index is 371. The molecule has 2 unspecified atom stereocenters. The molecule has 2 atom stereocenters. The summed E-state index contributed by atoms with van der Waals surface area (Å²) in [7, 11) is 0. The molecule has 0 aliphatic heterocycles. The maximum Gasteiger partial charge on any atom is 0.255 e. The van der Waals surface area contributed by atoms with E-state index in [9.17, 15) is 4.79 Å². The number of carbonyl (C=O) groups excluding carboxylic acids is 1. The number of aryl methyl sites for hydroxylation is 2. The molecule has 0 aliphatic carbocycles. The lowest BCUT2D eigenvalue weighted by Crippen LogP contribution is -2.39. The zero-order valence-corrected chi connectivity index (χ0v) is 10.3. The van der Waals surface area contributed by atoms with E-state index in [1.54, 1.807) is 13.0 Å². The summed E-state index contributed by atoms with van der Waals surface area (Å²) < 4.78 is 5.32. The second-order valence-corrected chi connectivity index (χ2v) is 4.30. The van der Waals surface area contributed by atoms with Gasteiger partial charge in [-0.1, -0.05) is 6.92 Å². The molecule has 4 nitrogen and oxygen atoms in total. The molecule has 4 heteroatoms. The second-order valence-electron chi connectivity index (χ2n) is 4.30. The SMILES string of the molecule is Cc1cc(C(=O)NC(C)C(C)CN)c(C)o1. The van der Waals surface area contributed by atoms with Gasteiger partial charge in [0.15, 0.2) is 0 Å². The Labute approximate surface area is 96.2 Å². The van der Waals surface area contributed by atoms with Crippen molar-refractivity contribution < 1.29 is 9.21 Å². The molecule has 90 valence electrons. The van der Waals surface area contributed by atoms with Crippen LogP contribution in [0.25, 0.3) is 0 Å². The molecule has 16 heavy (non-hydrogen) atoms. The van der Waals surface area contributed by atoms with Gasteiger partial charge in [-0.3, -0.25) is 4.79 Å². The number of hydrogen-bond acceptors (Lipinski definition) is 3. The van der Waals surface area contributed by atoms with Crippen molar-refractivity contribution >= 4 is 5.91 Å². The lowest BCUT2D eigenvalue weighted by molar-refractivity contribution is 0.0928. The highest BCUT2D eigenvalue weighted by atomic mass is 16.3. The minimum Gasteiger partial charge on any atom is -0.466 e. The highest BCUT2D eigenvalue weighted by Crippen LogP contribution is 2.14. The number of furan rings is 1. The van der Waals surface area contributed by atoms with Gasteiger partial charge in [-0.05, 0) is 39.3 Å². The number of carbonyl (C=O) groups is 1. The first-order valence-electron chi connectivity index (χ1n) is 5.53. The van der Waals surface area contributed by atoms with Gasteiger partial charge in [0.05, 0.1) is 5.56 Å². The third-order valence-corrected chi connectivity index (χ3v) is 2.87. The first-order chi connectivity index (χ1) is 7.45. The quantitative estimate of drug-likeness (QED) is 0.816. The maximum absolute atomic E-state index is 11.9. The largest absolute Gasteiger partial charge is 0.466 e. The third-order valence-electron chi connectivity index (χ3n) is 2.87. The molecule has 0 spiro atoms. The van der Waals surface area contributed by atoms with Crippen molar-refractivity contribution in [2.75, 3.05) is 6.54 Å². The molecule has 0 aliphatic rings. The normalized spacial score (nSPS) is 14.6. The minimum absolute atomic E-state index is 0.0621. The van der Waals surface area contributed by atoms with E-state index < -0.39 is 0 Å². The van der Waals surface area contributed by atoms with E-state index in [0.29, 0.717) is 17.9 Å². The average molecular weight is 224 g/mol. The van der Waals surface area contributed by atoms with Gasteiger partial charge < -0.3 is 15.5 Å². The summed E-state index contributed by atoms with van der Waals surface area (Å²) in [5, 5.41) is 2.92. The van der Waals surface area contributed by atoms with E-state index >= 15 is 0 Å². The molecule has 3 N–H and O–H groups in total. The minimum atomic E-state index is -0.0952. The smallest absolute Gasteiger partial charge is 0.255 e. The van der Waals surface area contributed by atoms with Crippen molar-refractivity contribution in [1.82, 2.24) is 5.32 Å². The van der Waals surface area contributed by atoms with E-state index in [0.717, 1.165) is 5.76 Å². The molecule has 1 rings (SSSR count). The summed E-state index contributed by atoms with van der Waals surface area (Å²) in [6.45, 7) is 8.15. The fourth-order valence-corrected chi connectivity index (χ4v) is 1.49. The number of nitrogens with one attached hydrogen (secondary N) is 1. The molecule has 0 saturated carbocycles. The predicted octanol–water partition coefficient (Wildman–Crippen LogP) is 1.61. The Morgan fingerprint density at radius 1 is 1.50 bits per heavy atom. The van der Waals surface area contributed by atoms with E-state index in [4.69, 9.17) is 10.2 Å². The Kier molecular flexibility index (Phi) is 4.12. The van der Waals surface area contributed by atoms with Gasteiger partial charge in [-0.15, -0.1) is 0 Å². The number of nitrogens with two attached hydrogens (primary N) is 1. The molecule has 0 fully saturated rings. The molecule has 1 aromatic heterocycles. The summed E-state index contributed by atoms with van der Waals surface area (Å²) in [6, 6.07) is 1.82. The van der Waals surface area contributed by atoms with Crippen molar-refractivity contribution in [2.24, 2.45) is 11.7 Å². The van der Waals surface area contributed by atoms with Crippen molar-refractivity contribution in [3.8, 4) is 0 Å². The first-order valence-corrected chi connectivity index (χ1v) is 5.53. The number of rotatable bonds is 4. The van der Waals surface area contributed by atoms with Crippen LogP contribution in [0.3, 0.4) is 0 Å². The van der Waals surface area contributed by atoms with Crippen LogP contribution in [0.2, 0.25) is 0 Å². The fourth-order valence-electron chi connectivity index (χ4n) is 1.49. The summed E-state index contributed by atoms with van der Waals surface area (Å²) in [5.74, 6) is 1.57. The Morgan fingerprint density at radius 3 is 2.56 bits per heavy atom. The lowest BCUT2D eigenvalue weighted by Gasteiger charge is -2.19. The van der Waals surface area contributed by atoms with Crippen LogP contribution in [0.4, 0.5) is 0 Å². The van der Waals surface area contributed by atoms with Gasteiger partial charge >= 0.3 is 0 Å². The van der Waals surface area contributed by atoms with Crippen LogP contribution in [0.5, 0.6) is 0 Å². The monoisotopic (exact) mass is 224 g/mol. The number of amides is 1. The molecular weight excluding hydrogens is 204 g/mol. The van der Waals surface area contributed by atoms with Crippen LogP contribution >= 0.6 is 0 Å². The molecule has 1 heterocycles. The van der Waals surface area contributed by atoms with Crippen molar-refractivity contribution in [3.63, 3.8) is 0 Å². The molecular formula is C12H20N2O2. The molecule has 0 aromatic carbocycles. The highest BCUT2D eigenvalue weighted by molar-refractivity contribution is 5.95. The standard InChI is InChI=1S/C12H20N2O2/c1-7(6-13)9(3)14-12(15)11-5-8(2)16-10(11)4/h5,7,9H,6,13H2,1-4H3,(H,14,15). The van der Waals surface area contributed by atoms with Crippen LogP contribution in [0.1, 0.15) is 35.7 Å². The summed E-state index contributed by atoms with van der Waals surface area (Å²) in [4.78, 5) is 11.9. The van der Waals surface area contributed by atoms with E-state index in [2.05, 4.69) is 5.32 Å². The zero-order valence-electron chi connectivity index (χ0n) is 10.3. The second kappa shape index (κ2) is 5.16. The zero-order chi connectivity index (χ0) is 12.3. The van der Waals surface area contributed by atoms with Gasteiger partial charge in [0.2, 0.25) is 0 Å². The van der Waals surface area contributed by atoms with Crippen LogP contribution in [0, 0.1) is 19.8 Å². The first kappa shape index (κ1) is 12.8. The van der Waals surface area contributed by atoms with Crippen LogP contribution < -0.4 is 11.1 Å². The fraction of sp³-hybridized carbons (Fsp3) is 0.583. The highest BCUT2D eigenvalue weighted by Gasteiger charge is 2.18. The predicted molar refractivity (Wildman–Crippen MR) is 63.3 cm³/mol. The van der Waals surface area contributed by atoms with Gasteiger partial charge in [0.1, 0.15) is 11.5 Å². The summed E-state index contributed by atoms with van der Waals surface area (Å²) in [6.07, 6.45) is 0. The van der Waals surface area contributed by atoms with Crippen LogP contribution in [-0.4, -0.2) is 18.5 Å². The Hall–Kier alpha value is -1.29. The van der Waals surface area contributed by atoms with Gasteiger partial charge in [-0.25, -0.2) is 0 Å². The maximum atomic E-state index is 11.9. The van der Waals surface area contributed by atoms with E-state index in [1.165, 1.54) is 0 Å². The van der Waals surface area contributed by atoms with Crippen molar-refractivity contribution in [2.45, 2.75) is 33.7 Å². The topological polar surface area (TPSA) is 68.3 Å². The Balaban J connectivity index is 2.69. The summed E-state index contributed by atoms with van der Waals surface area (Å²) >= 11 is 0. The summed E-state index contributed by atoms with van der Waals surface area (Å²) in [5.41, 5.74) is 6.16. The molecule has 0 bridgehead atoms. The van der Waals surface area contributed by atoms with Crippen LogP contribution in [0.15, 0.2) is 10.5 Å². The van der Waals surface area contributed by atoms with Crippen molar-refractivity contribution in [1.29, 1.82) is 0 Å². The van der Waals surface area contributed by atoms with Gasteiger partial charge in [0.25, 0.3) is 5.91 Å². The molecule has 1 amide bonds. The van der Waals surface area contributed by atoms with Gasteiger partial charge in [0, 0.05) is 6.04 Å². The van der Waals surface area contributed by atoms with Crippen molar-refractivity contribution in [3.05, 3.63) is 23.2 Å². The van der Waals surface area contributed by atoms with Crippen LogP contribution in [-0.2, 0) is 0 Å². The molecule has 1 aromatic rings. The van der Waals surface area contributed by atoms with E-state index in [-0.39, 0.29) is 17.9 Å². The number of hydrogen-bond donors (Lipinski definition) is 2. The molecule has 0 radical (unpaired) electrons. The molecule has 0 saturated heterocycles. The average Bonchev–Trinajstić information content (AvgIpc) is 2.56. The Morgan fingerprint density at radius 2 is 2.12 bits per heavy atom. The third kappa shape index (κ3) is 2.85. The van der Waals surface area contributed by atoms with Gasteiger partial charge in [-0.2, -0.15) is 0 Å². The lowest BCUT2D eigenvalue weighted by atomic mass is 10.0.